The van der Waals surface area contributed by atoms with E-state index in [4.69, 9.17) is 4.74 Å². The third-order valence-corrected chi connectivity index (χ3v) is 3.10. The molecule has 0 fully saturated rings. The molecule has 1 aromatic carbocycles. The van der Waals surface area contributed by atoms with Crippen molar-refractivity contribution in [2.75, 3.05) is 7.11 Å². The highest BCUT2D eigenvalue weighted by Crippen LogP contribution is 2.23. The Kier molecular flexibility index (Phi) is 5.92. The van der Waals surface area contributed by atoms with Crippen molar-refractivity contribution < 1.29 is 9.53 Å². The second-order valence-electron chi connectivity index (χ2n) is 4.04. The quantitative estimate of drug-likeness (QED) is 0.847. The van der Waals surface area contributed by atoms with E-state index in [-0.39, 0.29) is 11.9 Å². The van der Waals surface area contributed by atoms with Crippen molar-refractivity contribution in [3.05, 3.63) is 34.3 Å². The van der Waals surface area contributed by atoms with Gasteiger partial charge in [-0.15, -0.1) is 0 Å². The van der Waals surface area contributed by atoms with Crippen molar-refractivity contribution in [1.82, 2.24) is 5.32 Å². The van der Waals surface area contributed by atoms with E-state index in [1.807, 2.05) is 32.0 Å². The Hall–Kier alpha value is -1.29. The van der Waals surface area contributed by atoms with Crippen molar-refractivity contribution in [2.45, 2.75) is 26.3 Å². The fourth-order valence-electron chi connectivity index (χ4n) is 1.39. The van der Waals surface area contributed by atoms with Gasteiger partial charge >= 0.3 is 0 Å². The summed E-state index contributed by atoms with van der Waals surface area (Å²) in [6.45, 7) is 4.01. The number of nitrogens with one attached hydrogen (secondary N) is 1. The molecule has 0 aliphatic heterocycles. The van der Waals surface area contributed by atoms with E-state index in [2.05, 4.69) is 21.2 Å². The minimum absolute atomic E-state index is 0.0913. The van der Waals surface area contributed by atoms with Crippen molar-refractivity contribution in [1.29, 1.82) is 0 Å². The third-order valence-electron chi connectivity index (χ3n) is 2.61. The molecule has 0 aromatic heterocycles. The molecule has 4 heteroatoms. The number of hydrogen-bond donors (Lipinski definition) is 1. The lowest BCUT2D eigenvalue weighted by Crippen LogP contribution is -2.30. The van der Waals surface area contributed by atoms with Crippen LogP contribution in [0.5, 0.6) is 5.75 Å². The van der Waals surface area contributed by atoms with E-state index in [0.29, 0.717) is 0 Å². The molecule has 0 bridgehead atoms. The molecular formula is C14H18BrNO2. The summed E-state index contributed by atoms with van der Waals surface area (Å²) in [6, 6.07) is 5.85. The molecule has 1 rings (SSSR count). The standard InChI is InChI=1S/C14H18BrNO2/c1-4-10(2)16-14(17)8-5-11-9-12(15)6-7-13(11)18-3/h5-10H,4H2,1-3H3,(H,16,17)/b8-5+/t10-/m1/s1. The van der Waals surface area contributed by atoms with Gasteiger partial charge in [0.1, 0.15) is 5.75 Å². The smallest absolute Gasteiger partial charge is 0.244 e. The molecule has 1 aromatic rings. The molecule has 0 aliphatic carbocycles. The minimum atomic E-state index is -0.0913. The Bertz CT molecular complexity index is 443. The zero-order valence-electron chi connectivity index (χ0n) is 10.9. The molecule has 0 saturated heterocycles. The van der Waals surface area contributed by atoms with Crippen molar-refractivity contribution in [3.63, 3.8) is 0 Å². The van der Waals surface area contributed by atoms with Crippen LogP contribution in [-0.2, 0) is 4.79 Å². The lowest BCUT2D eigenvalue weighted by Gasteiger charge is -2.09. The molecule has 0 heterocycles. The molecule has 0 saturated carbocycles. The molecule has 18 heavy (non-hydrogen) atoms. The molecule has 1 amide bonds. The first-order chi connectivity index (χ1) is 8.56. The van der Waals surface area contributed by atoms with Crippen LogP contribution in [0.2, 0.25) is 0 Å². The van der Waals surface area contributed by atoms with E-state index in [0.717, 1.165) is 22.2 Å². The summed E-state index contributed by atoms with van der Waals surface area (Å²) in [5.74, 6) is 0.650. The Morgan fingerprint density at radius 3 is 2.89 bits per heavy atom. The van der Waals surface area contributed by atoms with Crippen molar-refractivity contribution in [3.8, 4) is 5.75 Å². The Morgan fingerprint density at radius 1 is 1.56 bits per heavy atom. The average Bonchev–Trinajstić information content (AvgIpc) is 2.36. The molecule has 0 unspecified atom stereocenters. The Labute approximate surface area is 116 Å². The normalized spacial score (nSPS) is 12.4. The van der Waals surface area contributed by atoms with Gasteiger partial charge in [-0.05, 0) is 37.6 Å². The molecule has 98 valence electrons. The predicted octanol–water partition coefficient (Wildman–Crippen LogP) is 3.39. The molecular weight excluding hydrogens is 294 g/mol. The van der Waals surface area contributed by atoms with Crippen LogP contribution in [0.4, 0.5) is 0 Å². The van der Waals surface area contributed by atoms with Gasteiger partial charge in [0.2, 0.25) is 5.91 Å². The van der Waals surface area contributed by atoms with Gasteiger partial charge in [-0.25, -0.2) is 0 Å². The van der Waals surface area contributed by atoms with Gasteiger partial charge in [-0.2, -0.15) is 0 Å². The van der Waals surface area contributed by atoms with Crippen LogP contribution in [0, 0.1) is 0 Å². The Balaban J connectivity index is 2.77. The first kappa shape index (κ1) is 14.8. The van der Waals surface area contributed by atoms with E-state index in [1.165, 1.54) is 6.08 Å². The molecule has 3 nitrogen and oxygen atoms in total. The summed E-state index contributed by atoms with van der Waals surface area (Å²) in [4.78, 5) is 11.6. The van der Waals surface area contributed by atoms with Gasteiger partial charge in [-0.1, -0.05) is 22.9 Å². The second-order valence-corrected chi connectivity index (χ2v) is 4.95. The third kappa shape index (κ3) is 4.53. The van der Waals surface area contributed by atoms with Gasteiger partial charge in [0, 0.05) is 22.2 Å². The Morgan fingerprint density at radius 2 is 2.28 bits per heavy atom. The van der Waals surface area contributed by atoms with Gasteiger partial charge in [0.05, 0.1) is 7.11 Å². The highest BCUT2D eigenvalue weighted by Gasteiger charge is 2.03. The summed E-state index contributed by atoms with van der Waals surface area (Å²) < 4.78 is 6.18. The molecule has 0 spiro atoms. The first-order valence-corrected chi connectivity index (χ1v) is 6.68. The SMILES string of the molecule is CC[C@@H](C)NC(=O)/C=C/c1cc(Br)ccc1OC. The molecule has 1 N–H and O–H groups in total. The number of methoxy groups -OCH3 is 1. The summed E-state index contributed by atoms with van der Waals surface area (Å²) in [5.41, 5.74) is 0.867. The highest BCUT2D eigenvalue weighted by atomic mass is 79.9. The van der Waals surface area contributed by atoms with E-state index < -0.39 is 0 Å². The second kappa shape index (κ2) is 7.21. The predicted molar refractivity (Wildman–Crippen MR) is 77.6 cm³/mol. The zero-order valence-corrected chi connectivity index (χ0v) is 12.5. The fourth-order valence-corrected chi connectivity index (χ4v) is 1.77. The zero-order chi connectivity index (χ0) is 13.5. The summed E-state index contributed by atoms with van der Waals surface area (Å²) in [6.07, 6.45) is 4.19. The van der Waals surface area contributed by atoms with Crippen LogP contribution < -0.4 is 10.1 Å². The fraction of sp³-hybridized carbons (Fsp3) is 0.357. The van der Waals surface area contributed by atoms with Crippen LogP contribution in [0.15, 0.2) is 28.7 Å². The number of halogens is 1. The number of benzene rings is 1. The molecule has 0 radical (unpaired) electrons. The monoisotopic (exact) mass is 311 g/mol. The van der Waals surface area contributed by atoms with Crippen LogP contribution in [0.3, 0.4) is 0 Å². The summed E-state index contributed by atoms with van der Waals surface area (Å²) in [5, 5.41) is 2.87. The number of amides is 1. The maximum absolute atomic E-state index is 11.6. The first-order valence-electron chi connectivity index (χ1n) is 5.89. The van der Waals surface area contributed by atoms with Crippen molar-refractivity contribution >= 4 is 27.9 Å². The molecule has 0 aliphatic rings. The van der Waals surface area contributed by atoms with Gasteiger partial charge < -0.3 is 10.1 Å². The number of carbonyl (C=O) groups is 1. The van der Waals surface area contributed by atoms with Crippen LogP contribution in [0.1, 0.15) is 25.8 Å². The lowest BCUT2D eigenvalue weighted by molar-refractivity contribution is -0.117. The minimum Gasteiger partial charge on any atom is -0.496 e. The highest BCUT2D eigenvalue weighted by molar-refractivity contribution is 9.10. The van der Waals surface area contributed by atoms with Gasteiger partial charge in [0.15, 0.2) is 0 Å². The average molecular weight is 312 g/mol. The number of hydrogen-bond acceptors (Lipinski definition) is 2. The number of rotatable bonds is 5. The van der Waals surface area contributed by atoms with Crippen LogP contribution in [0.25, 0.3) is 6.08 Å². The summed E-state index contributed by atoms with van der Waals surface area (Å²) >= 11 is 3.39. The van der Waals surface area contributed by atoms with Crippen LogP contribution >= 0.6 is 15.9 Å². The van der Waals surface area contributed by atoms with E-state index >= 15 is 0 Å². The number of ether oxygens (including phenoxy) is 1. The maximum atomic E-state index is 11.6. The maximum Gasteiger partial charge on any atom is 0.244 e. The van der Waals surface area contributed by atoms with Crippen molar-refractivity contribution in [2.24, 2.45) is 0 Å². The largest absolute Gasteiger partial charge is 0.496 e. The molecule has 1 atom stereocenters. The lowest BCUT2D eigenvalue weighted by atomic mass is 10.2. The van der Waals surface area contributed by atoms with E-state index in [9.17, 15) is 4.79 Å². The van der Waals surface area contributed by atoms with Gasteiger partial charge in [-0.3, -0.25) is 4.79 Å². The number of carbonyl (C=O) groups excluding carboxylic acids is 1. The topological polar surface area (TPSA) is 38.3 Å². The van der Waals surface area contributed by atoms with Gasteiger partial charge in [0.25, 0.3) is 0 Å². The van der Waals surface area contributed by atoms with Crippen LogP contribution in [-0.4, -0.2) is 19.1 Å². The summed E-state index contributed by atoms with van der Waals surface area (Å²) in [7, 11) is 1.61. The van der Waals surface area contributed by atoms with E-state index in [1.54, 1.807) is 13.2 Å².